The summed E-state index contributed by atoms with van der Waals surface area (Å²) >= 11 is 0. The number of halogens is 3. The van der Waals surface area contributed by atoms with E-state index in [4.69, 9.17) is 5.73 Å². The Morgan fingerprint density at radius 3 is 2.43 bits per heavy atom. The van der Waals surface area contributed by atoms with Gasteiger partial charge in [-0.05, 0) is 25.3 Å². The number of hydrogen-bond donors (Lipinski definition) is 2. The Hall–Kier alpha value is -1.32. The highest BCUT2D eigenvalue weighted by Gasteiger charge is 2.28. The van der Waals surface area contributed by atoms with E-state index in [0.29, 0.717) is 31.5 Å². The first-order chi connectivity index (χ1) is 9.83. The minimum absolute atomic E-state index is 0.233. The third kappa shape index (κ3) is 3.66. The fourth-order valence-corrected chi connectivity index (χ4v) is 3.47. The number of hydrogen-bond acceptors (Lipinski definition) is 3. The summed E-state index contributed by atoms with van der Waals surface area (Å²) in [5.41, 5.74) is 4.78. The van der Waals surface area contributed by atoms with Crippen LogP contribution in [0.5, 0.6) is 0 Å². The van der Waals surface area contributed by atoms with Crippen LogP contribution in [0.2, 0.25) is 0 Å². The van der Waals surface area contributed by atoms with Crippen LogP contribution in [0.4, 0.5) is 18.9 Å². The first-order valence-corrected chi connectivity index (χ1v) is 7.90. The van der Waals surface area contributed by atoms with Gasteiger partial charge in [-0.25, -0.2) is 13.2 Å². The molecule has 0 aromatic heterocycles. The van der Waals surface area contributed by atoms with Gasteiger partial charge in [-0.1, -0.05) is 0 Å². The van der Waals surface area contributed by atoms with Crippen molar-refractivity contribution in [3.63, 3.8) is 0 Å². The van der Waals surface area contributed by atoms with Crippen molar-refractivity contribution in [1.82, 2.24) is 4.31 Å². The summed E-state index contributed by atoms with van der Waals surface area (Å²) in [7, 11) is -4.05. The van der Waals surface area contributed by atoms with Gasteiger partial charge in [0.15, 0.2) is 11.6 Å². The molecule has 0 unspecified atom stereocenters. The first kappa shape index (κ1) is 16.1. The van der Waals surface area contributed by atoms with Crippen molar-refractivity contribution in [2.24, 2.45) is 11.7 Å². The number of nitrogens with one attached hydrogen (secondary N) is 1. The van der Waals surface area contributed by atoms with E-state index in [1.807, 2.05) is 4.72 Å². The Balaban J connectivity index is 2.15. The quantitative estimate of drug-likeness (QED) is 0.823. The first-order valence-electron chi connectivity index (χ1n) is 6.46. The van der Waals surface area contributed by atoms with Gasteiger partial charge in [-0.15, -0.1) is 0 Å². The lowest BCUT2D eigenvalue weighted by atomic mass is 9.99. The largest absolute Gasteiger partial charge is 0.330 e. The molecule has 9 heteroatoms. The molecule has 118 valence electrons. The summed E-state index contributed by atoms with van der Waals surface area (Å²) in [6.45, 7) is 0.943. The summed E-state index contributed by atoms with van der Waals surface area (Å²) in [4.78, 5) is 0. The number of benzene rings is 1. The number of piperidine rings is 1. The topological polar surface area (TPSA) is 75.4 Å². The number of anilines is 1. The smallest absolute Gasteiger partial charge is 0.301 e. The van der Waals surface area contributed by atoms with Crippen molar-refractivity contribution in [1.29, 1.82) is 0 Å². The van der Waals surface area contributed by atoms with Crippen LogP contribution in [-0.2, 0) is 10.2 Å². The highest BCUT2D eigenvalue weighted by atomic mass is 32.2. The summed E-state index contributed by atoms with van der Waals surface area (Å²) in [6.07, 6.45) is 1.19. The fraction of sp³-hybridized carbons (Fsp3) is 0.500. The van der Waals surface area contributed by atoms with Gasteiger partial charge in [0, 0.05) is 25.2 Å². The zero-order valence-corrected chi connectivity index (χ0v) is 12.0. The van der Waals surface area contributed by atoms with Crippen molar-refractivity contribution < 1.29 is 21.6 Å². The maximum Gasteiger partial charge on any atom is 0.301 e. The van der Waals surface area contributed by atoms with E-state index >= 15 is 0 Å². The number of nitrogens with zero attached hydrogens (tertiary/aromatic N) is 1. The van der Waals surface area contributed by atoms with Crippen molar-refractivity contribution in [3.05, 3.63) is 29.6 Å². The van der Waals surface area contributed by atoms with Crippen molar-refractivity contribution >= 4 is 15.9 Å². The molecule has 21 heavy (non-hydrogen) atoms. The third-order valence-corrected chi connectivity index (χ3v) is 5.00. The molecule has 1 aliphatic rings. The van der Waals surface area contributed by atoms with Crippen LogP contribution in [0.3, 0.4) is 0 Å². The van der Waals surface area contributed by atoms with Crippen LogP contribution < -0.4 is 10.5 Å². The van der Waals surface area contributed by atoms with E-state index in [1.54, 1.807) is 0 Å². The zero-order valence-electron chi connectivity index (χ0n) is 11.2. The summed E-state index contributed by atoms with van der Waals surface area (Å²) in [5, 5.41) is 0. The molecule has 1 aromatic carbocycles. The second-order valence-electron chi connectivity index (χ2n) is 4.93. The van der Waals surface area contributed by atoms with E-state index in [2.05, 4.69) is 0 Å². The molecule has 1 fully saturated rings. The molecule has 5 nitrogen and oxygen atoms in total. The molecule has 0 atom stereocenters. The summed E-state index contributed by atoms with van der Waals surface area (Å²) in [6, 6.07) is 0.947. The lowest BCUT2D eigenvalue weighted by Gasteiger charge is -2.30. The van der Waals surface area contributed by atoms with Crippen molar-refractivity contribution in [2.45, 2.75) is 12.8 Å². The van der Waals surface area contributed by atoms with Gasteiger partial charge in [0.25, 0.3) is 0 Å². The van der Waals surface area contributed by atoms with Crippen molar-refractivity contribution in [3.8, 4) is 0 Å². The fourth-order valence-electron chi connectivity index (χ4n) is 2.22. The molecule has 0 spiro atoms. The van der Waals surface area contributed by atoms with Gasteiger partial charge < -0.3 is 5.73 Å². The second-order valence-corrected chi connectivity index (χ2v) is 6.61. The normalized spacial score (nSPS) is 17.9. The van der Waals surface area contributed by atoms with Gasteiger partial charge in [-0.3, -0.25) is 4.72 Å². The predicted octanol–water partition coefficient (Wildman–Crippen LogP) is 1.43. The van der Waals surface area contributed by atoms with Crippen LogP contribution in [0.15, 0.2) is 12.1 Å². The van der Waals surface area contributed by atoms with E-state index in [9.17, 15) is 21.6 Å². The molecular formula is C12H16F3N3O2S. The molecule has 0 aliphatic carbocycles. The number of rotatable bonds is 4. The standard InChI is InChI=1S/C12H16F3N3O2S/c13-9-5-10(14)12(15)11(6-9)17-21(19,20)18-3-1-8(7-16)2-4-18/h5-6,8,17H,1-4,7,16H2. The SMILES string of the molecule is NCC1CCN(S(=O)(=O)Nc2cc(F)cc(F)c2F)CC1. The maximum absolute atomic E-state index is 13.5. The van der Waals surface area contributed by atoms with Gasteiger partial charge in [0.2, 0.25) is 0 Å². The van der Waals surface area contributed by atoms with Crippen LogP contribution in [-0.4, -0.2) is 32.4 Å². The molecule has 0 amide bonds. The van der Waals surface area contributed by atoms with E-state index in [-0.39, 0.29) is 19.0 Å². The minimum atomic E-state index is -4.05. The molecule has 1 aliphatic heterocycles. The molecule has 0 radical (unpaired) electrons. The average Bonchev–Trinajstić information content (AvgIpc) is 2.44. The van der Waals surface area contributed by atoms with Gasteiger partial charge >= 0.3 is 10.2 Å². The molecule has 1 heterocycles. The Kier molecular flexibility index (Phi) is 4.74. The summed E-state index contributed by atoms with van der Waals surface area (Å²) < 4.78 is 66.8. The highest BCUT2D eigenvalue weighted by Crippen LogP contribution is 2.23. The van der Waals surface area contributed by atoms with E-state index in [1.165, 1.54) is 0 Å². The lowest BCUT2D eigenvalue weighted by molar-refractivity contribution is 0.279. The minimum Gasteiger partial charge on any atom is -0.330 e. The predicted molar refractivity (Wildman–Crippen MR) is 72.2 cm³/mol. The van der Waals surface area contributed by atoms with Gasteiger partial charge in [0.05, 0.1) is 5.69 Å². The zero-order chi connectivity index (χ0) is 15.6. The Morgan fingerprint density at radius 1 is 1.24 bits per heavy atom. The number of nitrogens with two attached hydrogens (primary N) is 1. The van der Waals surface area contributed by atoms with E-state index in [0.717, 1.165) is 4.31 Å². The highest BCUT2D eigenvalue weighted by molar-refractivity contribution is 7.90. The molecule has 0 bridgehead atoms. The third-order valence-electron chi connectivity index (χ3n) is 3.48. The Morgan fingerprint density at radius 2 is 1.86 bits per heavy atom. The molecule has 3 N–H and O–H groups in total. The lowest BCUT2D eigenvalue weighted by Crippen LogP contribution is -2.42. The molecule has 0 saturated carbocycles. The van der Waals surface area contributed by atoms with E-state index < -0.39 is 33.3 Å². The Bertz CT molecular complexity index is 616. The molecular weight excluding hydrogens is 307 g/mol. The Labute approximate surface area is 121 Å². The molecule has 2 rings (SSSR count). The monoisotopic (exact) mass is 323 g/mol. The second kappa shape index (κ2) is 6.20. The van der Waals surface area contributed by atoms with Crippen LogP contribution in [0.1, 0.15) is 12.8 Å². The summed E-state index contributed by atoms with van der Waals surface area (Å²) in [5.74, 6) is -3.69. The van der Waals surface area contributed by atoms with Crippen LogP contribution >= 0.6 is 0 Å². The van der Waals surface area contributed by atoms with Gasteiger partial charge in [0.1, 0.15) is 5.82 Å². The average molecular weight is 323 g/mol. The van der Waals surface area contributed by atoms with Crippen LogP contribution in [0, 0.1) is 23.4 Å². The maximum atomic E-state index is 13.5. The van der Waals surface area contributed by atoms with Crippen LogP contribution in [0.25, 0.3) is 0 Å². The molecule has 1 saturated heterocycles. The van der Waals surface area contributed by atoms with Gasteiger partial charge in [-0.2, -0.15) is 12.7 Å². The van der Waals surface area contributed by atoms with Crippen molar-refractivity contribution in [2.75, 3.05) is 24.4 Å². The molecule has 1 aromatic rings.